The molecule has 0 aliphatic rings. The van der Waals surface area contributed by atoms with E-state index in [2.05, 4.69) is 13.8 Å². The number of hydrogen-bond acceptors (Lipinski definition) is 3. The van der Waals surface area contributed by atoms with Crippen LogP contribution in [0, 0.1) is 17.5 Å². The Labute approximate surface area is 350 Å². The molecule has 0 bridgehead atoms. The van der Waals surface area contributed by atoms with Gasteiger partial charge in [-0.1, -0.05) is 160 Å². The van der Waals surface area contributed by atoms with Gasteiger partial charge in [-0.2, -0.15) is 4.39 Å². The number of aryl methyl sites for hydroxylation is 2. The van der Waals surface area contributed by atoms with Crippen LogP contribution >= 0.6 is 7.37 Å². The van der Waals surface area contributed by atoms with E-state index in [9.17, 15) is 22.6 Å². The highest BCUT2D eigenvalue weighted by Crippen LogP contribution is 2.42. The quantitative estimate of drug-likeness (QED) is 0.0474. The van der Waals surface area contributed by atoms with Crippen LogP contribution in [0.2, 0.25) is 0 Å². The minimum atomic E-state index is -3.02. The largest absolute Gasteiger partial charge is 0.493 e. The van der Waals surface area contributed by atoms with E-state index in [-0.39, 0.29) is 17.1 Å². The second kappa shape index (κ2) is 30.3. The third-order valence-electron chi connectivity index (χ3n) is 11.3. The first kappa shape index (κ1) is 49.6. The number of rotatable bonds is 35. The van der Waals surface area contributed by atoms with Gasteiger partial charge < -0.3 is 14.4 Å². The van der Waals surface area contributed by atoms with Gasteiger partial charge in [-0.25, -0.2) is 8.78 Å². The lowest BCUT2D eigenvalue weighted by Crippen LogP contribution is -2.02. The zero-order valence-corrected chi connectivity index (χ0v) is 37.1. The Morgan fingerprint density at radius 1 is 0.517 bits per heavy atom. The Hall–Kier alpha value is -2.76. The third kappa shape index (κ3) is 21.0. The van der Waals surface area contributed by atoms with Crippen molar-refractivity contribution in [2.24, 2.45) is 0 Å². The summed E-state index contributed by atoms with van der Waals surface area (Å²) in [4.78, 5) is 10.4. The van der Waals surface area contributed by atoms with Crippen molar-refractivity contribution in [3.05, 3.63) is 83.2 Å². The lowest BCUT2D eigenvalue weighted by Gasteiger charge is -2.11. The molecular weight excluding hydrogens is 753 g/mol. The maximum atomic E-state index is 14.9. The van der Waals surface area contributed by atoms with Gasteiger partial charge in [0.15, 0.2) is 11.6 Å². The van der Waals surface area contributed by atoms with Crippen LogP contribution in [0.1, 0.15) is 179 Å². The molecule has 3 aromatic rings. The van der Waals surface area contributed by atoms with Crippen LogP contribution in [-0.4, -0.2) is 30.4 Å². The van der Waals surface area contributed by atoms with E-state index in [0.717, 1.165) is 134 Å². The van der Waals surface area contributed by atoms with Gasteiger partial charge in [0.1, 0.15) is 11.6 Å². The molecule has 0 spiro atoms. The van der Waals surface area contributed by atoms with Crippen molar-refractivity contribution in [1.82, 2.24) is 0 Å². The smallest absolute Gasteiger partial charge is 0.201 e. The van der Waals surface area contributed by atoms with Gasteiger partial charge in [0.25, 0.3) is 0 Å². The predicted octanol–water partition coefficient (Wildman–Crippen LogP) is 16.0. The van der Waals surface area contributed by atoms with E-state index in [1.807, 2.05) is 36.4 Å². The fraction of sp³-hybridized carbons (Fsp3) is 0.640. The van der Waals surface area contributed by atoms with Crippen molar-refractivity contribution < 1.29 is 32.1 Å². The Balaban J connectivity index is 1.08. The predicted molar refractivity (Wildman–Crippen MR) is 238 cm³/mol. The molecule has 0 aromatic heterocycles. The summed E-state index contributed by atoms with van der Waals surface area (Å²) in [5.74, 6) is -1.35. The molecule has 58 heavy (non-hydrogen) atoms. The molecule has 3 aromatic carbocycles. The van der Waals surface area contributed by atoms with Crippen molar-refractivity contribution in [3.8, 4) is 22.6 Å². The molecule has 0 aliphatic carbocycles. The molecule has 1 unspecified atom stereocenters. The molecule has 0 radical (unpaired) electrons. The van der Waals surface area contributed by atoms with E-state index in [4.69, 9.17) is 9.47 Å². The zero-order chi connectivity index (χ0) is 41.7. The topological polar surface area (TPSA) is 55.8 Å². The van der Waals surface area contributed by atoms with Crippen LogP contribution in [0.3, 0.4) is 0 Å². The van der Waals surface area contributed by atoms with Crippen LogP contribution in [0.15, 0.2) is 54.6 Å². The molecule has 326 valence electrons. The summed E-state index contributed by atoms with van der Waals surface area (Å²) in [6.07, 6.45) is 28.5. The van der Waals surface area contributed by atoms with Gasteiger partial charge in [0.2, 0.25) is 13.2 Å². The molecule has 8 heteroatoms. The second-order valence-electron chi connectivity index (χ2n) is 16.5. The molecule has 0 aliphatic heterocycles. The monoisotopic (exact) mass is 829 g/mol. The molecule has 3 rings (SSSR count). The van der Waals surface area contributed by atoms with Gasteiger partial charge in [-0.15, -0.1) is 0 Å². The fourth-order valence-corrected chi connectivity index (χ4v) is 9.22. The van der Waals surface area contributed by atoms with E-state index in [1.165, 1.54) is 56.2 Å². The Morgan fingerprint density at radius 3 is 1.55 bits per heavy atom. The second-order valence-corrected chi connectivity index (χ2v) is 19.0. The number of ether oxygens (including phenoxy) is 2. The highest BCUT2D eigenvalue weighted by Gasteiger charge is 2.17. The van der Waals surface area contributed by atoms with Crippen molar-refractivity contribution in [2.75, 3.05) is 25.5 Å². The van der Waals surface area contributed by atoms with Gasteiger partial charge >= 0.3 is 0 Å². The lowest BCUT2D eigenvalue weighted by atomic mass is 10.0. The highest BCUT2D eigenvalue weighted by molar-refractivity contribution is 7.57. The third-order valence-corrected chi connectivity index (χ3v) is 13.3. The number of unbranched alkanes of at least 4 members (excludes halogenated alkanes) is 20. The summed E-state index contributed by atoms with van der Waals surface area (Å²) in [7, 11) is -3.02. The Bertz CT molecular complexity index is 1560. The molecule has 4 nitrogen and oxygen atoms in total. The first-order chi connectivity index (χ1) is 28.2. The minimum absolute atomic E-state index is 0.0302. The summed E-state index contributed by atoms with van der Waals surface area (Å²) in [6, 6.07) is 16.1. The normalized spacial score (nSPS) is 12.5. The molecular formula is C50H76F3O4P. The molecule has 0 saturated carbocycles. The van der Waals surface area contributed by atoms with Gasteiger partial charge in [0.05, 0.1) is 13.2 Å². The molecule has 0 heterocycles. The summed E-state index contributed by atoms with van der Waals surface area (Å²) < 4.78 is 67.9. The molecule has 0 amide bonds. The number of benzene rings is 3. The van der Waals surface area contributed by atoms with E-state index >= 15 is 0 Å². The summed E-state index contributed by atoms with van der Waals surface area (Å²) in [5, 5.41) is 0. The average molecular weight is 829 g/mol. The van der Waals surface area contributed by atoms with Crippen LogP contribution < -0.4 is 9.47 Å². The summed E-state index contributed by atoms with van der Waals surface area (Å²) >= 11 is 0. The van der Waals surface area contributed by atoms with Gasteiger partial charge in [0, 0.05) is 24.0 Å². The standard InChI is InChI=1S/C50H76F3O4P/c1-3-5-21-27-42-29-31-43(32-30-42)46-35-36-48(50(53)49(46)52)57-38-24-18-14-10-8-12-16-20-26-40-58(54,55)39-25-19-15-11-7-9-13-17-23-37-56-45-34-33-44(47(51)41-45)28-22-6-4-2/h29-36,41H,3-28,37-40H2,1-2H3,(H,54,55). The average Bonchev–Trinajstić information content (AvgIpc) is 3.21. The maximum absolute atomic E-state index is 14.9. The van der Waals surface area contributed by atoms with Gasteiger partial charge in [-0.05, 0) is 86.3 Å². The maximum Gasteiger partial charge on any atom is 0.201 e. The zero-order valence-electron chi connectivity index (χ0n) is 36.2. The summed E-state index contributed by atoms with van der Waals surface area (Å²) in [6.45, 7) is 5.32. The molecule has 0 fully saturated rings. The van der Waals surface area contributed by atoms with Crippen molar-refractivity contribution >= 4 is 7.37 Å². The lowest BCUT2D eigenvalue weighted by molar-refractivity contribution is 0.285. The van der Waals surface area contributed by atoms with Crippen molar-refractivity contribution in [3.63, 3.8) is 0 Å². The van der Waals surface area contributed by atoms with Crippen molar-refractivity contribution in [2.45, 2.75) is 181 Å². The van der Waals surface area contributed by atoms with E-state index in [0.29, 0.717) is 36.9 Å². The van der Waals surface area contributed by atoms with Crippen LogP contribution in [0.5, 0.6) is 11.5 Å². The minimum Gasteiger partial charge on any atom is -0.493 e. The Morgan fingerprint density at radius 2 is 1.02 bits per heavy atom. The number of halogens is 3. The van der Waals surface area contributed by atoms with Crippen LogP contribution in [-0.2, 0) is 17.4 Å². The van der Waals surface area contributed by atoms with Crippen LogP contribution in [0.4, 0.5) is 13.2 Å². The Kier molecular flexibility index (Phi) is 25.9. The van der Waals surface area contributed by atoms with Crippen LogP contribution in [0.25, 0.3) is 11.1 Å². The van der Waals surface area contributed by atoms with E-state index in [1.54, 1.807) is 6.07 Å². The van der Waals surface area contributed by atoms with Crippen molar-refractivity contribution in [1.29, 1.82) is 0 Å². The first-order valence-electron chi connectivity index (χ1n) is 23.2. The van der Waals surface area contributed by atoms with E-state index < -0.39 is 19.0 Å². The SMILES string of the molecule is CCCCCc1ccc(-c2ccc(OCCCCCCCCCCCP(=O)(O)CCCCCCCCCCCOc3ccc(CCCCC)c(F)c3)c(F)c2F)cc1. The molecule has 0 saturated heterocycles. The highest BCUT2D eigenvalue weighted by atomic mass is 31.2. The summed E-state index contributed by atoms with van der Waals surface area (Å²) in [5.41, 5.74) is 2.92. The number of hydrogen-bond donors (Lipinski definition) is 1. The first-order valence-corrected chi connectivity index (χ1v) is 25.2. The fourth-order valence-electron chi connectivity index (χ4n) is 7.56. The van der Waals surface area contributed by atoms with Gasteiger partial charge in [-0.3, -0.25) is 4.57 Å². The molecule has 1 atom stereocenters. The molecule has 1 N–H and O–H groups in total.